The van der Waals surface area contributed by atoms with Gasteiger partial charge in [0.15, 0.2) is 0 Å². The highest BCUT2D eigenvalue weighted by atomic mass is 17.3. The average molecular weight is 530 g/mol. The van der Waals surface area contributed by atoms with Gasteiger partial charge in [0, 0.05) is 23.2 Å². The van der Waals surface area contributed by atoms with Gasteiger partial charge < -0.3 is 10.7 Å². The lowest BCUT2D eigenvalue weighted by molar-refractivity contribution is -0.351. The van der Waals surface area contributed by atoms with E-state index in [2.05, 4.69) is 58.1 Å². The molecule has 1 saturated heterocycles. The molecule has 0 radical (unpaired) electrons. The molecule has 4 rings (SSSR count). The van der Waals surface area contributed by atoms with E-state index in [-0.39, 0.29) is 5.54 Å². The third kappa shape index (κ3) is 7.00. The second-order valence-corrected chi connectivity index (χ2v) is 14.4. The SMILES string of the molecule is C=C/C=C1/CCC2C(CCC3(C)C(C(C)=N)CCC23)C1(C)CCC.CC1CCNC1COONC(C)(C)C. The zero-order valence-corrected chi connectivity index (χ0v) is 25.9. The van der Waals surface area contributed by atoms with Crippen LogP contribution in [0.2, 0.25) is 0 Å². The molecule has 1 aliphatic heterocycles. The predicted molar refractivity (Wildman–Crippen MR) is 160 cm³/mol. The van der Waals surface area contributed by atoms with Gasteiger partial charge in [-0.25, -0.2) is 4.89 Å². The molecule has 0 aromatic rings. The van der Waals surface area contributed by atoms with Crippen LogP contribution < -0.4 is 10.8 Å². The van der Waals surface area contributed by atoms with Gasteiger partial charge >= 0.3 is 0 Å². The Balaban J connectivity index is 0.000000244. The van der Waals surface area contributed by atoms with Gasteiger partial charge in [-0.05, 0) is 120 Å². The summed E-state index contributed by atoms with van der Waals surface area (Å²) in [4.78, 5) is 10.0. The summed E-state index contributed by atoms with van der Waals surface area (Å²) < 4.78 is 0. The third-order valence-electron chi connectivity index (χ3n) is 10.7. The first-order valence-corrected chi connectivity index (χ1v) is 15.5. The molecule has 0 aromatic heterocycles. The first-order chi connectivity index (χ1) is 17.9. The Labute approximate surface area is 234 Å². The van der Waals surface area contributed by atoms with Gasteiger partial charge in [-0.1, -0.05) is 58.4 Å². The molecule has 4 aliphatic rings. The molecule has 0 bridgehead atoms. The molecule has 38 heavy (non-hydrogen) atoms. The van der Waals surface area contributed by atoms with Gasteiger partial charge in [0.1, 0.15) is 0 Å². The van der Waals surface area contributed by atoms with E-state index in [9.17, 15) is 0 Å². The summed E-state index contributed by atoms with van der Waals surface area (Å²) >= 11 is 0. The van der Waals surface area contributed by atoms with Crippen LogP contribution in [0.1, 0.15) is 113 Å². The molecular formula is C33H59N3O2. The summed E-state index contributed by atoms with van der Waals surface area (Å²) in [6, 6.07) is 0.428. The van der Waals surface area contributed by atoms with Gasteiger partial charge in [-0.15, -0.1) is 4.99 Å². The van der Waals surface area contributed by atoms with Gasteiger partial charge in [-0.3, -0.25) is 0 Å². The highest BCUT2D eigenvalue weighted by Crippen LogP contribution is 2.66. The van der Waals surface area contributed by atoms with Crippen LogP contribution in [-0.4, -0.2) is 30.4 Å². The summed E-state index contributed by atoms with van der Waals surface area (Å²) in [5.41, 5.74) is 6.13. The van der Waals surface area contributed by atoms with Crippen molar-refractivity contribution in [2.24, 2.45) is 40.4 Å². The van der Waals surface area contributed by atoms with Crippen molar-refractivity contribution in [1.82, 2.24) is 10.8 Å². The van der Waals surface area contributed by atoms with Gasteiger partial charge in [0.25, 0.3) is 0 Å². The molecule has 0 aromatic carbocycles. The first kappa shape index (κ1) is 31.5. The van der Waals surface area contributed by atoms with Crippen molar-refractivity contribution in [2.75, 3.05) is 13.2 Å². The maximum absolute atomic E-state index is 8.28. The van der Waals surface area contributed by atoms with E-state index in [1.807, 2.05) is 26.8 Å². The van der Waals surface area contributed by atoms with E-state index in [4.69, 9.17) is 15.3 Å². The Bertz CT molecular complexity index is 833. The van der Waals surface area contributed by atoms with Crippen molar-refractivity contribution in [1.29, 1.82) is 5.41 Å². The zero-order chi connectivity index (χ0) is 28.1. The van der Waals surface area contributed by atoms with Crippen molar-refractivity contribution in [3.05, 3.63) is 24.3 Å². The molecule has 0 amide bonds. The van der Waals surface area contributed by atoms with Crippen molar-refractivity contribution in [2.45, 2.75) is 125 Å². The number of fused-ring (bicyclic) bond motifs is 3. The fourth-order valence-electron chi connectivity index (χ4n) is 8.70. The molecule has 5 heteroatoms. The highest BCUT2D eigenvalue weighted by molar-refractivity contribution is 5.82. The van der Waals surface area contributed by atoms with Crippen LogP contribution in [0.25, 0.3) is 0 Å². The molecule has 3 N–H and O–H groups in total. The van der Waals surface area contributed by atoms with Gasteiger partial charge in [0.2, 0.25) is 0 Å². The van der Waals surface area contributed by atoms with Crippen LogP contribution in [0.5, 0.6) is 0 Å². The molecular weight excluding hydrogens is 470 g/mol. The van der Waals surface area contributed by atoms with Crippen LogP contribution in [0.15, 0.2) is 24.3 Å². The maximum atomic E-state index is 8.28. The van der Waals surface area contributed by atoms with Gasteiger partial charge in [-0.2, -0.15) is 5.48 Å². The Morgan fingerprint density at radius 3 is 2.47 bits per heavy atom. The highest BCUT2D eigenvalue weighted by Gasteiger charge is 2.58. The van der Waals surface area contributed by atoms with E-state index in [0.29, 0.717) is 35.3 Å². The number of hydrogen-bond acceptors (Lipinski definition) is 5. The second-order valence-electron chi connectivity index (χ2n) is 14.4. The van der Waals surface area contributed by atoms with E-state index in [1.165, 1.54) is 57.8 Å². The second kappa shape index (κ2) is 13.1. The van der Waals surface area contributed by atoms with Crippen LogP contribution in [0.3, 0.4) is 0 Å². The standard InChI is InChI=1S/C23H37N.C10H22N2O2/c1-6-8-17-9-10-18-20-12-11-19(16(3)24)23(20,5)15-13-21(18)22(17,4)14-7-2;1-8-5-6-11-9(8)7-13-14-12-10(2,3)4/h6,8,18-21,24H,1,7,9-15H2,2-5H3;8-9,11-12H,5-7H2,1-4H3/b17-8-,24-16?;. The van der Waals surface area contributed by atoms with Crippen molar-refractivity contribution in [3.63, 3.8) is 0 Å². The normalized spacial score (nSPS) is 39.7. The van der Waals surface area contributed by atoms with Crippen LogP contribution in [-0.2, 0) is 9.88 Å². The Morgan fingerprint density at radius 2 is 1.89 bits per heavy atom. The Kier molecular flexibility index (Phi) is 10.9. The zero-order valence-electron chi connectivity index (χ0n) is 25.9. The monoisotopic (exact) mass is 529 g/mol. The number of rotatable bonds is 8. The number of hydroxylamine groups is 1. The Morgan fingerprint density at radius 1 is 1.16 bits per heavy atom. The summed E-state index contributed by atoms with van der Waals surface area (Å²) in [5, 5.41) is 11.7. The van der Waals surface area contributed by atoms with Crippen molar-refractivity contribution in [3.8, 4) is 0 Å². The fourth-order valence-corrected chi connectivity index (χ4v) is 8.70. The fraction of sp³-hybridized carbons (Fsp3) is 0.848. The molecule has 4 fully saturated rings. The minimum Gasteiger partial charge on any atom is -0.311 e. The molecule has 0 spiro atoms. The lowest BCUT2D eigenvalue weighted by Crippen LogP contribution is -2.50. The minimum absolute atomic E-state index is 0.0747. The lowest BCUT2D eigenvalue weighted by atomic mass is 9.47. The first-order valence-electron chi connectivity index (χ1n) is 15.5. The maximum Gasteiger partial charge on any atom is 0.0997 e. The van der Waals surface area contributed by atoms with Crippen LogP contribution >= 0.6 is 0 Å². The molecule has 218 valence electrons. The van der Waals surface area contributed by atoms with Crippen LogP contribution in [0.4, 0.5) is 0 Å². The van der Waals surface area contributed by atoms with E-state index in [1.54, 1.807) is 5.57 Å². The average Bonchev–Trinajstić information content (AvgIpc) is 3.41. The smallest absolute Gasteiger partial charge is 0.0997 e. The van der Waals surface area contributed by atoms with E-state index >= 15 is 0 Å². The predicted octanol–water partition coefficient (Wildman–Crippen LogP) is 8.03. The van der Waals surface area contributed by atoms with Crippen LogP contribution in [0, 0.1) is 45.8 Å². The van der Waals surface area contributed by atoms with E-state index < -0.39 is 0 Å². The topological polar surface area (TPSA) is 66.4 Å². The third-order valence-corrected chi connectivity index (χ3v) is 10.7. The van der Waals surface area contributed by atoms with Crippen molar-refractivity contribution < 1.29 is 9.88 Å². The lowest BCUT2D eigenvalue weighted by Gasteiger charge is -2.57. The Hall–Kier alpha value is -1.01. The van der Waals surface area contributed by atoms with Crippen molar-refractivity contribution >= 4 is 5.71 Å². The minimum atomic E-state index is -0.0747. The molecule has 5 nitrogen and oxygen atoms in total. The number of hydrogen-bond donors (Lipinski definition) is 3. The van der Waals surface area contributed by atoms with Gasteiger partial charge in [0.05, 0.1) is 6.61 Å². The summed E-state index contributed by atoms with van der Waals surface area (Å²) in [5.74, 6) is 3.80. The molecule has 3 aliphatic carbocycles. The molecule has 8 atom stereocenters. The summed E-state index contributed by atoms with van der Waals surface area (Å²) in [6.07, 6.45) is 16.1. The summed E-state index contributed by atoms with van der Waals surface area (Å²) in [6.45, 7) is 23.4. The number of allylic oxidation sites excluding steroid dienone is 3. The molecule has 3 saturated carbocycles. The largest absolute Gasteiger partial charge is 0.311 e. The van der Waals surface area contributed by atoms with E-state index in [0.717, 1.165) is 30.0 Å². The summed E-state index contributed by atoms with van der Waals surface area (Å²) in [7, 11) is 0. The molecule has 8 unspecified atom stereocenters. The number of nitrogens with one attached hydrogen (secondary N) is 3. The quantitative estimate of drug-likeness (QED) is 0.129. The molecule has 1 heterocycles.